The highest BCUT2D eigenvalue weighted by Gasteiger charge is 2.21. The second kappa shape index (κ2) is 8.14. The molecule has 0 aliphatic carbocycles. The second-order valence-corrected chi connectivity index (χ2v) is 7.69. The van der Waals surface area contributed by atoms with Gasteiger partial charge in [-0.3, -0.25) is 14.0 Å². The zero-order valence-electron chi connectivity index (χ0n) is 16.4. The summed E-state index contributed by atoms with van der Waals surface area (Å²) in [6.45, 7) is 1.63. The molecule has 0 saturated carbocycles. The predicted octanol–water partition coefficient (Wildman–Crippen LogP) is 4.53. The number of fused-ring (bicyclic) bond motifs is 1. The van der Waals surface area contributed by atoms with E-state index in [1.54, 1.807) is 31.0 Å². The molecule has 0 amide bonds. The van der Waals surface area contributed by atoms with Crippen LogP contribution in [0.5, 0.6) is 0 Å². The Hall–Kier alpha value is -3.21. The molecule has 0 saturated heterocycles. The lowest BCUT2D eigenvalue weighted by Gasteiger charge is -2.18. The lowest BCUT2D eigenvalue weighted by Crippen LogP contribution is -2.19. The quantitative estimate of drug-likeness (QED) is 0.442. The Balaban J connectivity index is 1.81. The summed E-state index contributed by atoms with van der Waals surface area (Å²) >= 11 is 3.30. The minimum absolute atomic E-state index is 0.0733. The smallest absolute Gasteiger partial charge is 0.271 e. The van der Waals surface area contributed by atoms with Crippen LogP contribution < -0.4 is 10.9 Å². The molecule has 7 nitrogen and oxygen atoms in total. The van der Waals surface area contributed by atoms with Crippen molar-refractivity contribution in [3.8, 4) is 5.69 Å². The van der Waals surface area contributed by atoms with Gasteiger partial charge < -0.3 is 5.32 Å². The number of hydrogen-bond acceptors (Lipinski definition) is 5. The highest BCUT2D eigenvalue weighted by atomic mass is 79.9. The summed E-state index contributed by atoms with van der Waals surface area (Å²) < 4.78 is 43.9. The summed E-state index contributed by atoms with van der Waals surface area (Å²) in [5, 5.41) is 7.61. The van der Waals surface area contributed by atoms with E-state index in [-0.39, 0.29) is 15.6 Å². The number of nitrogens with zero attached hydrogens (tertiary/aromatic N) is 5. The molecule has 0 fully saturated rings. The Bertz CT molecular complexity index is 1340. The number of aromatic nitrogens is 5. The molecule has 1 atom stereocenters. The van der Waals surface area contributed by atoms with E-state index in [2.05, 4.69) is 36.3 Å². The van der Waals surface area contributed by atoms with Gasteiger partial charge >= 0.3 is 0 Å². The standard InChI is InChI=1S/C20H16BrF3N6O/c1-10(12-4-3-5-13(16(12)22)18(23)24)28-19-14-8-30(11-6-27-29(2)7-11)20(31)15(21)17(14)25-9-26-19/h3-10,18H,1-2H3,(H,25,26,28)/t10-/m1/s1. The number of nitrogens with one attached hydrogen (secondary N) is 1. The first kappa shape index (κ1) is 21.0. The molecule has 0 aliphatic rings. The molecule has 1 aromatic carbocycles. The van der Waals surface area contributed by atoms with Crippen LogP contribution in [0.1, 0.15) is 30.5 Å². The molecule has 0 unspecified atom stereocenters. The van der Waals surface area contributed by atoms with Crippen LogP contribution in [-0.4, -0.2) is 24.3 Å². The first-order chi connectivity index (χ1) is 14.8. The fourth-order valence-corrected chi connectivity index (χ4v) is 3.79. The van der Waals surface area contributed by atoms with E-state index in [9.17, 15) is 18.0 Å². The molecule has 11 heteroatoms. The Kier molecular flexibility index (Phi) is 5.52. The second-order valence-electron chi connectivity index (χ2n) is 6.89. The molecule has 0 radical (unpaired) electrons. The highest BCUT2D eigenvalue weighted by Crippen LogP contribution is 2.31. The van der Waals surface area contributed by atoms with Crippen LogP contribution in [-0.2, 0) is 7.05 Å². The van der Waals surface area contributed by atoms with Gasteiger partial charge in [0.2, 0.25) is 0 Å². The van der Waals surface area contributed by atoms with Crippen LogP contribution in [0.15, 0.2) is 52.4 Å². The van der Waals surface area contributed by atoms with Gasteiger partial charge in [0.25, 0.3) is 12.0 Å². The number of anilines is 1. The lowest BCUT2D eigenvalue weighted by atomic mass is 10.0. The van der Waals surface area contributed by atoms with Gasteiger partial charge in [0, 0.05) is 25.0 Å². The first-order valence-corrected chi connectivity index (χ1v) is 9.95. The summed E-state index contributed by atoms with van der Waals surface area (Å²) in [7, 11) is 1.73. The molecule has 3 heterocycles. The van der Waals surface area contributed by atoms with Crippen LogP contribution >= 0.6 is 15.9 Å². The third-order valence-corrected chi connectivity index (χ3v) is 5.55. The third kappa shape index (κ3) is 3.80. The van der Waals surface area contributed by atoms with Crippen molar-refractivity contribution in [1.82, 2.24) is 24.3 Å². The van der Waals surface area contributed by atoms with Crippen LogP contribution in [0.4, 0.5) is 19.0 Å². The molecular formula is C20H16BrF3N6O. The van der Waals surface area contributed by atoms with Gasteiger partial charge in [0.15, 0.2) is 0 Å². The fraction of sp³-hybridized carbons (Fsp3) is 0.200. The van der Waals surface area contributed by atoms with Crippen molar-refractivity contribution in [1.29, 1.82) is 0 Å². The van der Waals surface area contributed by atoms with Gasteiger partial charge in [-0.05, 0) is 22.9 Å². The van der Waals surface area contributed by atoms with Gasteiger partial charge in [0.05, 0.1) is 34.4 Å². The van der Waals surface area contributed by atoms with E-state index < -0.39 is 23.8 Å². The normalized spacial score (nSPS) is 12.5. The molecular weight excluding hydrogens is 477 g/mol. The van der Waals surface area contributed by atoms with E-state index in [4.69, 9.17) is 0 Å². The summed E-state index contributed by atoms with van der Waals surface area (Å²) in [6, 6.07) is 3.19. The Morgan fingerprint density at radius 1 is 1.16 bits per heavy atom. The Morgan fingerprint density at radius 3 is 2.58 bits per heavy atom. The highest BCUT2D eigenvalue weighted by molar-refractivity contribution is 9.10. The number of rotatable bonds is 5. The SMILES string of the molecule is C[C@@H](Nc1ncnc2c(Br)c(=O)n(-c3cnn(C)c3)cc12)c1cccc(C(F)F)c1F. The summed E-state index contributed by atoms with van der Waals surface area (Å²) in [4.78, 5) is 21.2. The Labute approximate surface area is 182 Å². The molecule has 4 aromatic rings. The zero-order valence-corrected chi connectivity index (χ0v) is 17.9. The summed E-state index contributed by atoms with van der Waals surface area (Å²) in [6.07, 6.45) is 3.11. The van der Waals surface area contributed by atoms with Crippen molar-refractivity contribution >= 4 is 32.7 Å². The van der Waals surface area contributed by atoms with Crippen molar-refractivity contribution in [3.05, 3.63) is 74.9 Å². The monoisotopic (exact) mass is 492 g/mol. The lowest BCUT2D eigenvalue weighted by molar-refractivity contribution is 0.146. The fourth-order valence-electron chi connectivity index (χ4n) is 3.28. The van der Waals surface area contributed by atoms with Crippen LogP contribution in [0.25, 0.3) is 16.6 Å². The maximum absolute atomic E-state index is 14.6. The topological polar surface area (TPSA) is 77.6 Å². The molecule has 3 aromatic heterocycles. The number of alkyl halides is 2. The average Bonchev–Trinajstić information content (AvgIpc) is 3.16. The molecule has 0 bridgehead atoms. The van der Waals surface area contributed by atoms with E-state index >= 15 is 0 Å². The van der Waals surface area contributed by atoms with Crippen LogP contribution in [0.3, 0.4) is 0 Å². The zero-order chi connectivity index (χ0) is 22.3. The molecule has 31 heavy (non-hydrogen) atoms. The van der Waals surface area contributed by atoms with Crippen molar-refractivity contribution in [2.45, 2.75) is 19.4 Å². The summed E-state index contributed by atoms with van der Waals surface area (Å²) in [5.41, 5.74) is -0.0322. The predicted molar refractivity (Wildman–Crippen MR) is 113 cm³/mol. The number of halogens is 4. The van der Waals surface area contributed by atoms with Crippen LogP contribution in [0.2, 0.25) is 0 Å². The van der Waals surface area contributed by atoms with Gasteiger partial charge in [-0.25, -0.2) is 23.1 Å². The molecule has 0 spiro atoms. The van der Waals surface area contributed by atoms with E-state index in [0.29, 0.717) is 22.4 Å². The number of pyridine rings is 1. The Morgan fingerprint density at radius 2 is 1.90 bits per heavy atom. The van der Waals surface area contributed by atoms with E-state index in [0.717, 1.165) is 6.07 Å². The minimum Gasteiger partial charge on any atom is -0.363 e. The van der Waals surface area contributed by atoms with E-state index in [1.807, 2.05) is 0 Å². The van der Waals surface area contributed by atoms with Gasteiger partial charge in [-0.1, -0.05) is 18.2 Å². The largest absolute Gasteiger partial charge is 0.363 e. The van der Waals surface area contributed by atoms with Gasteiger partial charge in [0.1, 0.15) is 22.4 Å². The maximum Gasteiger partial charge on any atom is 0.271 e. The minimum atomic E-state index is -2.92. The molecule has 160 valence electrons. The maximum atomic E-state index is 14.6. The van der Waals surface area contributed by atoms with Crippen molar-refractivity contribution < 1.29 is 13.2 Å². The van der Waals surface area contributed by atoms with Crippen molar-refractivity contribution in [3.63, 3.8) is 0 Å². The molecule has 1 N–H and O–H groups in total. The van der Waals surface area contributed by atoms with Gasteiger partial charge in [-0.15, -0.1) is 0 Å². The van der Waals surface area contributed by atoms with Crippen molar-refractivity contribution in [2.75, 3.05) is 5.32 Å². The first-order valence-electron chi connectivity index (χ1n) is 9.15. The average molecular weight is 493 g/mol. The summed E-state index contributed by atoms with van der Waals surface area (Å²) in [5.74, 6) is -0.651. The number of hydrogen-bond donors (Lipinski definition) is 1. The van der Waals surface area contributed by atoms with Crippen molar-refractivity contribution in [2.24, 2.45) is 7.05 Å². The van der Waals surface area contributed by atoms with Gasteiger partial charge in [-0.2, -0.15) is 5.10 Å². The number of benzene rings is 1. The van der Waals surface area contributed by atoms with E-state index in [1.165, 1.54) is 29.2 Å². The van der Waals surface area contributed by atoms with Crippen LogP contribution in [0, 0.1) is 5.82 Å². The number of aryl methyl sites for hydroxylation is 1. The molecule has 0 aliphatic heterocycles. The third-order valence-electron chi connectivity index (χ3n) is 4.84. The molecule has 4 rings (SSSR count).